The molecule has 39 heavy (non-hydrogen) atoms. The maximum Gasteiger partial charge on any atom is 0.394 e. The number of guanidine groups is 2. The smallest absolute Gasteiger partial charge is 0.370 e. The van der Waals surface area contributed by atoms with E-state index in [1.54, 1.807) is 0 Å². The molecular weight excluding hydrogens is 520 g/mol. The topological polar surface area (TPSA) is 187 Å². The Morgan fingerprint density at radius 3 is 1.28 bits per heavy atom. The summed E-state index contributed by atoms with van der Waals surface area (Å²) in [6.07, 6.45) is 0. The van der Waals surface area contributed by atoms with Gasteiger partial charge < -0.3 is 21.3 Å². The molecule has 0 aliphatic carbocycles. The highest BCUT2D eigenvalue weighted by molar-refractivity contribution is 7.79. The number of piperazine rings is 2. The van der Waals surface area contributed by atoms with Crippen LogP contribution in [0.1, 0.15) is 22.3 Å². The van der Waals surface area contributed by atoms with E-state index in [0.717, 1.165) is 65.4 Å². The lowest BCUT2D eigenvalue weighted by atomic mass is 10.1. The molecule has 0 bridgehead atoms. The summed E-state index contributed by atoms with van der Waals surface area (Å²) >= 11 is 0. The summed E-state index contributed by atoms with van der Waals surface area (Å²) in [5, 5.41) is 14.8. The molecule has 0 atom stereocenters. The summed E-state index contributed by atoms with van der Waals surface area (Å²) in [5.41, 5.74) is 16.3. The number of nitrogens with one attached hydrogen (secondary N) is 2. The Kier molecular flexibility index (Phi) is 12.6. The number of nitrogens with two attached hydrogens (primary N) is 2. The average Bonchev–Trinajstić information content (AvgIpc) is 2.84. The second-order valence-electron chi connectivity index (χ2n) is 9.72. The van der Waals surface area contributed by atoms with Crippen molar-refractivity contribution in [3.8, 4) is 0 Å². The first kappa shape index (κ1) is 32.0. The molecular formula is C26H42N8O4S. The fourth-order valence-corrected chi connectivity index (χ4v) is 4.43. The molecule has 2 aromatic carbocycles. The fraction of sp³-hybridized carbons (Fsp3) is 0.462. The van der Waals surface area contributed by atoms with Gasteiger partial charge in [-0.25, -0.2) is 0 Å². The quantitative estimate of drug-likeness (QED) is 0.180. The Labute approximate surface area is 231 Å². The maximum absolute atomic E-state index is 8.74. The highest BCUT2D eigenvalue weighted by Gasteiger charge is 2.18. The monoisotopic (exact) mass is 562 g/mol. The van der Waals surface area contributed by atoms with Gasteiger partial charge in [0.1, 0.15) is 0 Å². The van der Waals surface area contributed by atoms with Crippen molar-refractivity contribution in [3.05, 3.63) is 70.8 Å². The lowest BCUT2D eigenvalue weighted by Gasteiger charge is -2.34. The predicted molar refractivity (Wildman–Crippen MR) is 154 cm³/mol. The molecule has 216 valence electrons. The number of hydrogen-bond donors (Lipinski definition) is 6. The molecule has 0 aromatic heterocycles. The van der Waals surface area contributed by atoms with Crippen molar-refractivity contribution < 1.29 is 17.5 Å². The molecule has 0 saturated carbocycles. The van der Waals surface area contributed by atoms with Crippen molar-refractivity contribution in [2.75, 3.05) is 52.4 Å². The van der Waals surface area contributed by atoms with Gasteiger partial charge in [0.05, 0.1) is 0 Å². The molecule has 13 heteroatoms. The van der Waals surface area contributed by atoms with Crippen molar-refractivity contribution in [3.63, 3.8) is 0 Å². The third-order valence-corrected chi connectivity index (χ3v) is 6.40. The first-order valence-corrected chi connectivity index (χ1v) is 14.1. The van der Waals surface area contributed by atoms with Crippen LogP contribution in [0.15, 0.2) is 48.5 Å². The molecule has 2 aromatic rings. The van der Waals surface area contributed by atoms with Crippen molar-refractivity contribution >= 4 is 22.3 Å². The molecule has 2 saturated heterocycles. The van der Waals surface area contributed by atoms with Crippen molar-refractivity contribution in [1.82, 2.24) is 19.6 Å². The van der Waals surface area contributed by atoms with Crippen LogP contribution in [0, 0.1) is 24.7 Å². The Morgan fingerprint density at radius 2 is 1.03 bits per heavy atom. The van der Waals surface area contributed by atoms with E-state index in [4.69, 9.17) is 39.8 Å². The normalized spacial score (nSPS) is 16.4. The Hall–Kier alpha value is -3.23. The van der Waals surface area contributed by atoms with Gasteiger partial charge in [0.25, 0.3) is 0 Å². The number of rotatable bonds is 4. The highest BCUT2D eigenvalue weighted by atomic mass is 32.3. The number of nitrogens with zero attached hydrogens (tertiary/aromatic N) is 4. The predicted octanol–water partition coefficient (Wildman–Crippen LogP) is 1.36. The lowest BCUT2D eigenvalue weighted by Crippen LogP contribution is -2.50. The van der Waals surface area contributed by atoms with E-state index in [9.17, 15) is 0 Å². The second kappa shape index (κ2) is 15.4. The molecule has 8 N–H and O–H groups in total. The van der Waals surface area contributed by atoms with Gasteiger partial charge in [-0.3, -0.25) is 29.7 Å². The van der Waals surface area contributed by atoms with Crippen LogP contribution in [0.4, 0.5) is 0 Å². The van der Waals surface area contributed by atoms with Gasteiger partial charge in [-0.05, 0) is 25.0 Å². The van der Waals surface area contributed by atoms with E-state index in [1.165, 1.54) is 22.3 Å². The Morgan fingerprint density at radius 1 is 0.718 bits per heavy atom. The summed E-state index contributed by atoms with van der Waals surface area (Å²) in [7, 11) is -4.67. The van der Waals surface area contributed by atoms with Gasteiger partial charge in [-0.15, -0.1) is 0 Å². The first-order valence-electron chi connectivity index (χ1n) is 12.7. The largest absolute Gasteiger partial charge is 0.394 e. The number of hydrogen-bond acceptors (Lipinski definition) is 6. The van der Waals surface area contributed by atoms with Gasteiger partial charge in [0.2, 0.25) is 0 Å². The van der Waals surface area contributed by atoms with Crippen LogP contribution in [0.25, 0.3) is 0 Å². The van der Waals surface area contributed by atoms with E-state index in [2.05, 4.69) is 72.2 Å². The van der Waals surface area contributed by atoms with Gasteiger partial charge in [0, 0.05) is 65.4 Å². The van der Waals surface area contributed by atoms with Crippen LogP contribution in [0.2, 0.25) is 0 Å². The molecule has 0 spiro atoms. The number of aryl methyl sites for hydroxylation is 2. The van der Waals surface area contributed by atoms with Crippen molar-refractivity contribution in [2.45, 2.75) is 26.9 Å². The molecule has 0 amide bonds. The van der Waals surface area contributed by atoms with Gasteiger partial charge in [0.15, 0.2) is 11.9 Å². The van der Waals surface area contributed by atoms with Crippen LogP contribution in [0.3, 0.4) is 0 Å². The number of benzene rings is 2. The summed E-state index contributed by atoms with van der Waals surface area (Å²) in [5.74, 6) is 0.389. The molecule has 4 rings (SSSR count). The van der Waals surface area contributed by atoms with Crippen LogP contribution in [0.5, 0.6) is 0 Å². The molecule has 0 unspecified atom stereocenters. The van der Waals surface area contributed by atoms with Crippen molar-refractivity contribution in [1.29, 1.82) is 10.8 Å². The Bertz CT molecular complexity index is 1090. The molecule has 0 radical (unpaired) electrons. The second-order valence-corrected chi connectivity index (χ2v) is 10.6. The minimum atomic E-state index is -4.67. The van der Waals surface area contributed by atoms with E-state index in [1.807, 2.05) is 9.80 Å². The zero-order chi connectivity index (χ0) is 29.0. The summed E-state index contributed by atoms with van der Waals surface area (Å²) in [6, 6.07) is 17.3. The van der Waals surface area contributed by atoms with Crippen LogP contribution in [-0.2, 0) is 23.5 Å². The standard InChI is InChI=1S/2C13H20N4.H2O4S/c2*1-11-3-2-4-12(9-11)10-16-5-7-17(8-6-16)13(14)15;1-5(2,3)4/h2*2-4,9H,5-8,10H2,1H3,(H3,14,15);(H2,1,2,3,4). The molecule has 2 fully saturated rings. The fourth-order valence-electron chi connectivity index (χ4n) is 4.43. The SMILES string of the molecule is Cc1cccc(CN2CCN(C(=N)N)CC2)c1.Cc1cccc(CN2CCN(C(=N)N)CC2)c1.O=S(=O)(O)O. The molecule has 2 aliphatic rings. The molecule has 12 nitrogen and oxygen atoms in total. The third kappa shape index (κ3) is 13.4. The first-order chi connectivity index (χ1) is 18.3. The molecule has 2 heterocycles. The Balaban J connectivity index is 0.000000234. The maximum atomic E-state index is 8.74. The molecule has 2 aliphatic heterocycles. The van der Waals surface area contributed by atoms with E-state index >= 15 is 0 Å². The van der Waals surface area contributed by atoms with Crippen LogP contribution < -0.4 is 11.5 Å². The third-order valence-electron chi connectivity index (χ3n) is 6.40. The van der Waals surface area contributed by atoms with Gasteiger partial charge in [-0.1, -0.05) is 59.7 Å². The highest BCUT2D eigenvalue weighted by Crippen LogP contribution is 2.11. The van der Waals surface area contributed by atoms with Crippen LogP contribution in [-0.4, -0.2) is 101 Å². The van der Waals surface area contributed by atoms with Crippen molar-refractivity contribution in [2.24, 2.45) is 11.5 Å². The van der Waals surface area contributed by atoms with E-state index < -0.39 is 10.4 Å². The van der Waals surface area contributed by atoms with E-state index in [0.29, 0.717) is 0 Å². The zero-order valence-corrected chi connectivity index (χ0v) is 23.6. The lowest BCUT2D eigenvalue weighted by molar-refractivity contribution is 0.174. The average molecular weight is 563 g/mol. The van der Waals surface area contributed by atoms with Crippen LogP contribution >= 0.6 is 0 Å². The minimum Gasteiger partial charge on any atom is -0.370 e. The zero-order valence-electron chi connectivity index (χ0n) is 22.8. The minimum absolute atomic E-state index is 0.195. The van der Waals surface area contributed by atoms with Gasteiger partial charge in [-0.2, -0.15) is 8.42 Å². The van der Waals surface area contributed by atoms with E-state index in [-0.39, 0.29) is 11.9 Å². The summed E-state index contributed by atoms with van der Waals surface area (Å²) in [4.78, 5) is 8.67. The summed E-state index contributed by atoms with van der Waals surface area (Å²) < 4.78 is 31.6. The summed E-state index contributed by atoms with van der Waals surface area (Å²) in [6.45, 7) is 13.6. The van der Waals surface area contributed by atoms with Gasteiger partial charge >= 0.3 is 10.4 Å².